The molecule has 2 atom stereocenters. The molecule has 2 amide bonds. The maximum absolute atomic E-state index is 12.8. The average molecular weight is 526 g/mol. The Kier molecular flexibility index (Phi) is 6.90. The molecule has 0 aliphatic carbocycles. The monoisotopic (exact) mass is 525 g/mol. The standard InChI is InChI=1S/C18H19N7O6S3/c1-8-11(25(30)31)5-19-23(8)4-3-12(26)20-13-15(27)24-14(17(28)29)10(6-32-16(13)24)7-33-18-22-21-9(2)34-18/h5,13,16H,3-4,6-7H2,1-2H3,(H,20,26)(H,28,29)/t13-,16-/m0/s1. The summed E-state index contributed by atoms with van der Waals surface area (Å²) in [5.74, 6) is -1.33. The van der Waals surface area contributed by atoms with Crippen molar-refractivity contribution in [3.05, 3.63) is 38.3 Å². The minimum Gasteiger partial charge on any atom is -0.477 e. The molecule has 4 rings (SSSR count). The van der Waals surface area contributed by atoms with E-state index < -0.39 is 34.1 Å². The van der Waals surface area contributed by atoms with Gasteiger partial charge in [-0.05, 0) is 19.4 Å². The van der Waals surface area contributed by atoms with Crippen LogP contribution in [0.2, 0.25) is 0 Å². The summed E-state index contributed by atoms with van der Waals surface area (Å²) in [5, 5.41) is 35.5. The zero-order valence-corrected chi connectivity index (χ0v) is 20.4. The van der Waals surface area contributed by atoms with Crippen LogP contribution in [-0.2, 0) is 20.9 Å². The summed E-state index contributed by atoms with van der Waals surface area (Å²) in [6, 6.07) is -0.833. The van der Waals surface area contributed by atoms with Gasteiger partial charge < -0.3 is 10.4 Å². The molecule has 0 radical (unpaired) electrons. The van der Waals surface area contributed by atoms with Crippen LogP contribution in [0.5, 0.6) is 0 Å². The van der Waals surface area contributed by atoms with Crippen LogP contribution in [0.25, 0.3) is 0 Å². The summed E-state index contributed by atoms with van der Waals surface area (Å²) in [6.45, 7) is 3.48. The van der Waals surface area contributed by atoms with Crippen LogP contribution in [0.3, 0.4) is 0 Å². The van der Waals surface area contributed by atoms with E-state index in [1.54, 1.807) is 0 Å². The Bertz CT molecular complexity index is 1210. The first-order valence-corrected chi connectivity index (χ1v) is 12.8. The lowest BCUT2D eigenvalue weighted by Gasteiger charge is -2.49. The normalized spacial score (nSPS) is 19.6. The zero-order chi connectivity index (χ0) is 24.6. The Labute approximate surface area is 205 Å². The van der Waals surface area contributed by atoms with Crippen LogP contribution < -0.4 is 5.32 Å². The Morgan fingerprint density at radius 3 is 2.76 bits per heavy atom. The highest BCUT2D eigenvalue weighted by Crippen LogP contribution is 2.41. The fraction of sp³-hybridized carbons (Fsp3) is 0.444. The maximum atomic E-state index is 12.8. The summed E-state index contributed by atoms with van der Waals surface area (Å²) < 4.78 is 2.08. The van der Waals surface area contributed by atoms with Gasteiger partial charge in [0.25, 0.3) is 5.91 Å². The fourth-order valence-electron chi connectivity index (χ4n) is 3.57. The van der Waals surface area contributed by atoms with E-state index in [-0.39, 0.29) is 24.4 Å². The smallest absolute Gasteiger partial charge is 0.352 e. The number of aliphatic carboxylic acids is 1. The quantitative estimate of drug-likeness (QED) is 0.208. The van der Waals surface area contributed by atoms with E-state index in [4.69, 9.17) is 0 Å². The summed E-state index contributed by atoms with van der Waals surface area (Å²) in [4.78, 5) is 48.7. The Balaban J connectivity index is 1.37. The second-order valence-corrected chi connectivity index (χ2v) is 10.9. The van der Waals surface area contributed by atoms with Crippen LogP contribution in [0.1, 0.15) is 17.1 Å². The lowest BCUT2D eigenvalue weighted by Crippen LogP contribution is -2.70. The molecule has 2 aliphatic rings. The zero-order valence-electron chi connectivity index (χ0n) is 18.0. The number of fused-ring (bicyclic) bond motifs is 1. The molecule has 0 aromatic carbocycles. The second kappa shape index (κ2) is 9.71. The third-order valence-corrected chi connectivity index (χ3v) is 8.67. The van der Waals surface area contributed by atoms with Crippen molar-refractivity contribution in [2.24, 2.45) is 0 Å². The van der Waals surface area contributed by atoms with Gasteiger partial charge in [-0.2, -0.15) is 5.10 Å². The molecule has 2 aromatic heterocycles. The first kappa shape index (κ1) is 24.2. The highest BCUT2D eigenvalue weighted by molar-refractivity contribution is 8.01. The Hall–Kier alpha value is -2.98. The van der Waals surface area contributed by atoms with E-state index in [1.165, 1.54) is 51.4 Å². The van der Waals surface area contributed by atoms with Gasteiger partial charge in [0.05, 0.1) is 11.5 Å². The molecule has 0 spiro atoms. The third-order valence-electron chi connectivity index (χ3n) is 5.27. The molecule has 1 fully saturated rings. The second-order valence-electron chi connectivity index (χ2n) is 7.43. The molecular weight excluding hydrogens is 506 g/mol. The van der Waals surface area contributed by atoms with Crippen molar-refractivity contribution in [3.63, 3.8) is 0 Å². The number of hydrogen-bond acceptors (Lipinski definition) is 11. The number of aryl methyl sites for hydroxylation is 2. The van der Waals surface area contributed by atoms with E-state index in [2.05, 4.69) is 20.6 Å². The highest BCUT2D eigenvalue weighted by Gasteiger charge is 2.54. The lowest BCUT2D eigenvalue weighted by atomic mass is 10.0. The summed E-state index contributed by atoms with van der Waals surface area (Å²) >= 11 is 4.17. The number of carbonyl (C=O) groups is 3. The minimum absolute atomic E-state index is 0.0361. The Morgan fingerprint density at radius 1 is 1.38 bits per heavy atom. The first-order chi connectivity index (χ1) is 16.2. The molecule has 16 heteroatoms. The number of nitro groups is 1. The van der Waals surface area contributed by atoms with Gasteiger partial charge in [-0.3, -0.25) is 29.3 Å². The number of β-lactam (4-membered cyclic amide) rings is 1. The maximum Gasteiger partial charge on any atom is 0.352 e. The van der Waals surface area contributed by atoms with E-state index >= 15 is 0 Å². The number of nitrogens with zero attached hydrogens (tertiary/aromatic N) is 6. The van der Waals surface area contributed by atoms with Gasteiger partial charge in [0, 0.05) is 17.9 Å². The predicted octanol–water partition coefficient (Wildman–Crippen LogP) is 1.18. The number of carboxylic acids is 1. The molecule has 4 heterocycles. The third kappa shape index (κ3) is 4.65. The first-order valence-electron chi connectivity index (χ1n) is 9.96. The van der Waals surface area contributed by atoms with Crippen molar-refractivity contribution in [3.8, 4) is 0 Å². The molecule has 13 nitrogen and oxygen atoms in total. The highest BCUT2D eigenvalue weighted by atomic mass is 32.2. The molecule has 34 heavy (non-hydrogen) atoms. The summed E-state index contributed by atoms with van der Waals surface area (Å²) in [7, 11) is 0. The largest absolute Gasteiger partial charge is 0.477 e. The Morgan fingerprint density at radius 2 is 2.15 bits per heavy atom. The van der Waals surface area contributed by atoms with E-state index in [0.717, 1.165) is 15.5 Å². The average Bonchev–Trinajstić information content (AvgIpc) is 3.38. The van der Waals surface area contributed by atoms with Crippen molar-refractivity contribution in [2.45, 2.75) is 42.6 Å². The van der Waals surface area contributed by atoms with Gasteiger partial charge in [-0.25, -0.2) is 4.79 Å². The van der Waals surface area contributed by atoms with Crippen LogP contribution >= 0.6 is 34.9 Å². The van der Waals surface area contributed by atoms with Crippen LogP contribution in [0.15, 0.2) is 21.8 Å². The molecule has 0 saturated carbocycles. The topological polar surface area (TPSA) is 173 Å². The molecule has 2 N–H and O–H groups in total. The number of hydrogen-bond donors (Lipinski definition) is 2. The fourth-order valence-corrected chi connectivity index (χ4v) is 6.87. The van der Waals surface area contributed by atoms with Crippen LogP contribution in [0.4, 0.5) is 5.69 Å². The summed E-state index contributed by atoms with van der Waals surface area (Å²) in [5.41, 5.74) is 0.761. The number of carboxylic acid groups (broad SMARTS) is 1. The molecule has 0 unspecified atom stereocenters. The molecule has 1 saturated heterocycles. The van der Waals surface area contributed by atoms with E-state index in [0.29, 0.717) is 22.8 Å². The van der Waals surface area contributed by atoms with Crippen molar-refractivity contribution in [1.82, 2.24) is 30.2 Å². The predicted molar refractivity (Wildman–Crippen MR) is 123 cm³/mol. The number of nitrogens with one attached hydrogen (secondary N) is 1. The van der Waals surface area contributed by atoms with E-state index in [9.17, 15) is 29.6 Å². The molecule has 180 valence electrons. The van der Waals surface area contributed by atoms with Crippen molar-refractivity contribution >= 4 is 58.3 Å². The number of aromatic nitrogens is 4. The van der Waals surface area contributed by atoms with E-state index in [1.807, 2.05) is 6.92 Å². The van der Waals surface area contributed by atoms with Crippen molar-refractivity contribution < 1.29 is 24.4 Å². The van der Waals surface area contributed by atoms with Crippen molar-refractivity contribution in [1.29, 1.82) is 0 Å². The number of amides is 2. The SMILES string of the molecule is Cc1nnc(SCC2=C(C(=O)O)N3C(=O)[C@H](NC(=O)CCn4ncc([N+](=O)[O-])c4C)[C@@H]3SC2)s1. The van der Waals surface area contributed by atoms with Gasteiger partial charge in [-0.15, -0.1) is 22.0 Å². The molecular formula is C18H19N7O6S3. The minimum atomic E-state index is -1.19. The van der Waals surface area contributed by atoms with Gasteiger partial charge >= 0.3 is 11.7 Å². The van der Waals surface area contributed by atoms with Crippen LogP contribution in [0, 0.1) is 24.0 Å². The van der Waals surface area contributed by atoms with Crippen LogP contribution in [-0.4, -0.2) is 75.6 Å². The van der Waals surface area contributed by atoms with Gasteiger partial charge in [0.1, 0.15) is 34.0 Å². The van der Waals surface area contributed by atoms with Crippen molar-refractivity contribution in [2.75, 3.05) is 11.5 Å². The molecule has 2 aromatic rings. The number of rotatable bonds is 9. The van der Waals surface area contributed by atoms with Gasteiger partial charge in [0.2, 0.25) is 5.91 Å². The van der Waals surface area contributed by atoms with Gasteiger partial charge in [-0.1, -0.05) is 23.1 Å². The van der Waals surface area contributed by atoms with Gasteiger partial charge in [0.15, 0.2) is 4.34 Å². The number of thioether (sulfide) groups is 2. The molecule has 0 bridgehead atoms. The summed E-state index contributed by atoms with van der Waals surface area (Å²) in [6.07, 6.45) is 1.09. The number of carbonyl (C=O) groups excluding carboxylic acids is 2. The lowest BCUT2D eigenvalue weighted by molar-refractivity contribution is -0.385. The molecule has 2 aliphatic heterocycles.